The molecule has 8 aromatic rings. The first kappa shape index (κ1) is 24.9. The van der Waals surface area contributed by atoms with Crippen molar-refractivity contribution in [1.29, 1.82) is 0 Å². The van der Waals surface area contributed by atoms with Gasteiger partial charge in [0.25, 0.3) is 0 Å². The standard InChI is InChI=1S/C50H45N3O/c1-31-16-18-36(19-17-31)37-20-21-51-45(30-37)40-26-39(27-41(28-40)50(5,6)7)43-14-11-15-46-47(43)52-49(44-25-32(2)22-34(4)48(44)54)53(46)42-24-33(3)23-38(29-42)35-12-9-8-10-13-35/h8-30,54H,1-7H3/i1D3,16D,17D,18D,19D,20D,21D,30D. The first-order valence-electron chi connectivity index (χ1n) is 22.8. The fourth-order valence-electron chi connectivity index (χ4n) is 6.96. The Balaban J connectivity index is 1.41. The van der Waals surface area contributed by atoms with Crippen molar-refractivity contribution in [1.82, 2.24) is 14.5 Å². The van der Waals surface area contributed by atoms with Gasteiger partial charge in [0.05, 0.1) is 31.9 Å². The molecule has 0 aliphatic carbocycles. The van der Waals surface area contributed by atoms with Crippen LogP contribution < -0.4 is 0 Å². The minimum atomic E-state index is -2.95. The second-order valence-corrected chi connectivity index (χ2v) is 14.8. The van der Waals surface area contributed by atoms with Crippen LogP contribution in [-0.4, -0.2) is 19.6 Å². The largest absolute Gasteiger partial charge is 0.507 e. The molecule has 6 aromatic carbocycles. The fraction of sp³-hybridized carbons (Fsp3) is 0.160. The molecule has 0 aliphatic heterocycles. The van der Waals surface area contributed by atoms with Gasteiger partial charge in [-0.1, -0.05) is 111 Å². The van der Waals surface area contributed by atoms with Crippen LogP contribution >= 0.6 is 0 Å². The Morgan fingerprint density at radius 1 is 0.648 bits per heavy atom. The molecule has 54 heavy (non-hydrogen) atoms. The monoisotopic (exact) mass is 713 g/mol. The Hall–Kier alpha value is -6.26. The fourth-order valence-corrected chi connectivity index (χ4v) is 6.96. The summed E-state index contributed by atoms with van der Waals surface area (Å²) in [6.07, 6.45) is -0.563. The summed E-state index contributed by atoms with van der Waals surface area (Å²) < 4.78 is 87.5. The van der Waals surface area contributed by atoms with Gasteiger partial charge in [-0.3, -0.25) is 9.55 Å². The van der Waals surface area contributed by atoms with Crippen molar-refractivity contribution in [2.45, 2.75) is 53.8 Å². The molecule has 8 rings (SSSR count). The topological polar surface area (TPSA) is 50.9 Å². The van der Waals surface area contributed by atoms with E-state index in [1.54, 1.807) is 0 Å². The van der Waals surface area contributed by atoms with Crippen molar-refractivity contribution in [3.05, 3.63) is 167 Å². The number of para-hydroxylation sites is 1. The van der Waals surface area contributed by atoms with E-state index < -0.39 is 65.8 Å². The zero-order chi connectivity index (χ0) is 46.3. The highest BCUT2D eigenvalue weighted by molar-refractivity contribution is 5.97. The summed E-state index contributed by atoms with van der Waals surface area (Å²) in [6.45, 7) is 9.03. The highest BCUT2D eigenvalue weighted by atomic mass is 16.3. The molecule has 1 N–H and O–H groups in total. The molecule has 2 heterocycles. The maximum absolute atomic E-state index is 11.6. The summed E-state index contributed by atoms with van der Waals surface area (Å²) in [7, 11) is 0. The van der Waals surface area contributed by atoms with Crippen LogP contribution in [-0.2, 0) is 5.41 Å². The lowest BCUT2D eigenvalue weighted by atomic mass is 9.83. The highest BCUT2D eigenvalue weighted by Gasteiger charge is 2.23. The third kappa shape index (κ3) is 6.60. The second kappa shape index (κ2) is 13.6. The number of hydrogen-bond donors (Lipinski definition) is 1. The first-order chi connectivity index (χ1) is 30.1. The number of pyridine rings is 1. The zero-order valence-electron chi connectivity index (χ0n) is 41.0. The Morgan fingerprint density at radius 2 is 1.41 bits per heavy atom. The molecule has 0 spiro atoms. The predicted octanol–water partition coefficient (Wildman–Crippen LogP) is 13.0. The molecule has 266 valence electrons. The van der Waals surface area contributed by atoms with E-state index in [9.17, 15) is 6.48 Å². The van der Waals surface area contributed by atoms with Gasteiger partial charge >= 0.3 is 0 Å². The van der Waals surface area contributed by atoms with E-state index in [4.69, 9.17) is 17.3 Å². The number of nitrogens with zero attached hydrogens (tertiary/aromatic N) is 3. The maximum Gasteiger partial charge on any atom is 0.149 e. The van der Waals surface area contributed by atoms with Crippen LogP contribution in [0.2, 0.25) is 0 Å². The van der Waals surface area contributed by atoms with Crippen molar-refractivity contribution < 1.29 is 18.8 Å². The molecule has 0 bridgehead atoms. The molecule has 4 heteroatoms. The zero-order valence-corrected chi connectivity index (χ0v) is 31.0. The number of aryl methyl sites for hydroxylation is 3. The maximum atomic E-state index is 11.6. The van der Waals surface area contributed by atoms with Crippen molar-refractivity contribution in [3.63, 3.8) is 0 Å². The van der Waals surface area contributed by atoms with Gasteiger partial charge in [0, 0.05) is 27.1 Å². The van der Waals surface area contributed by atoms with E-state index in [-0.39, 0.29) is 17.0 Å². The summed E-state index contributed by atoms with van der Waals surface area (Å²) in [4.78, 5) is 9.75. The number of benzene rings is 6. The molecular weight excluding hydrogens is 659 g/mol. The van der Waals surface area contributed by atoms with Crippen molar-refractivity contribution >= 4 is 11.0 Å². The van der Waals surface area contributed by atoms with Gasteiger partial charge in [-0.25, -0.2) is 4.98 Å². The average Bonchev–Trinajstić information content (AvgIpc) is 3.63. The molecule has 0 saturated carbocycles. The lowest BCUT2D eigenvalue weighted by Gasteiger charge is -2.22. The lowest BCUT2D eigenvalue weighted by molar-refractivity contribution is 0.472. The smallest absolute Gasteiger partial charge is 0.149 e. The number of aromatic nitrogens is 3. The first-order valence-corrected chi connectivity index (χ1v) is 17.8. The summed E-state index contributed by atoms with van der Waals surface area (Å²) in [5.74, 6) is 0.637. The normalized spacial score (nSPS) is 14.6. The van der Waals surface area contributed by atoms with Gasteiger partial charge in [-0.05, 0) is 132 Å². The van der Waals surface area contributed by atoms with Crippen LogP contribution in [0.15, 0.2) is 139 Å². The Morgan fingerprint density at radius 3 is 2.17 bits per heavy atom. The van der Waals surface area contributed by atoms with Crippen LogP contribution in [0.3, 0.4) is 0 Å². The number of rotatable bonds is 6. The minimum absolute atomic E-state index is 0.0353. The van der Waals surface area contributed by atoms with Crippen LogP contribution in [0.1, 0.15) is 62.3 Å². The van der Waals surface area contributed by atoms with Crippen molar-refractivity contribution in [3.8, 4) is 67.5 Å². The third-order valence-electron chi connectivity index (χ3n) is 9.65. The van der Waals surface area contributed by atoms with Gasteiger partial charge in [0.2, 0.25) is 0 Å². The molecule has 2 aromatic heterocycles. The molecule has 0 radical (unpaired) electrons. The van der Waals surface area contributed by atoms with Crippen LogP contribution in [0.5, 0.6) is 5.75 Å². The Kier molecular flexibility index (Phi) is 6.28. The van der Waals surface area contributed by atoms with Crippen LogP contribution in [0, 0.1) is 27.6 Å². The quantitative estimate of drug-likeness (QED) is 0.187. The van der Waals surface area contributed by atoms with E-state index in [2.05, 4.69) is 39.9 Å². The number of phenolic OH excluding ortho intramolecular Hbond substituents is 1. The number of imidazole rings is 1. The van der Waals surface area contributed by atoms with Crippen molar-refractivity contribution in [2.24, 2.45) is 0 Å². The van der Waals surface area contributed by atoms with E-state index in [0.29, 0.717) is 33.6 Å². The number of aromatic hydroxyl groups is 1. The summed E-state index contributed by atoms with van der Waals surface area (Å²) in [5, 5.41) is 11.6. The molecular formula is C50H45N3O. The molecule has 0 amide bonds. The second-order valence-electron chi connectivity index (χ2n) is 14.8. The third-order valence-corrected chi connectivity index (χ3v) is 9.65. The van der Waals surface area contributed by atoms with Gasteiger partial charge in [-0.15, -0.1) is 0 Å². The van der Waals surface area contributed by atoms with Gasteiger partial charge in [0.15, 0.2) is 0 Å². The van der Waals surface area contributed by atoms with Crippen molar-refractivity contribution in [2.75, 3.05) is 0 Å². The van der Waals surface area contributed by atoms with E-state index in [1.165, 1.54) is 0 Å². The van der Waals surface area contributed by atoms with E-state index in [1.807, 2.05) is 108 Å². The Bertz CT molecular complexity index is 3180. The number of hydrogen-bond acceptors (Lipinski definition) is 3. The number of fused-ring (bicyclic) bond motifs is 1. The summed E-state index contributed by atoms with van der Waals surface area (Å²) in [6, 6.07) is 27.8. The van der Waals surface area contributed by atoms with Gasteiger partial charge in [-0.2, -0.15) is 0 Å². The summed E-state index contributed by atoms with van der Waals surface area (Å²) in [5.41, 5.74) is 8.10. The highest BCUT2D eigenvalue weighted by Crippen LogP contribution is 2.41. The SMILES string of the molecule is [2H]c1nc(-c2cc(-c3cccc4c3nc(-c3cc(C)cc(C)c3O)n4-c3cc(C)cc(-c4ccccc4)c3)cc(C(C)(C)C)c2)c([2H])c(-c2c([2H])c([2H])c(C([2H])([2H])[2H])c([2H])c2[2H])c1[2H]. The minimum Gasteiger partial charge on any atom is -0.507 e. The van der Waals surface area contributed by atoms with Gasteiger partial charge in [0.1, 0.15) is 11.6 Å². The van der Waals surface area contributed by atoms with E-state index in [0.717, 1.165) is 44.6 Å². The van der Waals surface area contributed by atoms with E-state index >= 15 is 0 Å². The molecule has 0 unspecified atom stereocenters. The molecule has 0 fully saturated rings. The lowest BCUT2D eigenvalue weighted by Crippen LogP contribution is -2.11. The average molecular weight is 714 g/mol. The summed E-state index contributed by atoms with van der Waals surface area (Å²) >= 11 is 0. The predicted molar refractivity (Wildman–Crippen MR) is 225 cm³/mol. The van der Waals surface area contributed by atoms with Crippen LogP contribution in [0.25, 0.3) is 72.7 Å². The molecule has 4 nitrogen and oxygen atoms in total. The number of phenols is 1. The van der Waals surface area contributed by atoms with Gasteiger partial charge < -0.3 is 5.11 Å². The molecule has 0 saturated heterocycles. The van der Waals surface area contributed by atoms with Crippen LogP contribution in [0.4, 0.5) is 0 Å². The molecule has 0 atom stereocenters. The Labute approximate surface area is 332 Å². The molecule has 0 aliphatic rings.